The number of carbonyl (C=O) groups excluding carboxylic acids is 1. The number of imidazole rings is 1. The smallest absolute Gasteiger partial charge is 0.266 e. The maximum absolute atomic E-state index is 10.7. The van der Waals surface area contributed by atoms with E-state index in [-0.39, 0.29) is 0 Å². The number of primary amides is 1. The van der Waals surface area contributed by atoms with E-state index in [1.54, 1.807) is 0 Å². The molecule has 0 aromatic carbocycles. The zero-order valence-corrected chi connectivity index (χ0v) is 7.84. The molecule has 0 aliphatic heterocycles. The predicted octanol–water partition coefficient (Wildman–Crippen LogP) is 1.24. The highest BCUT2D eigenvalue weighted by Crippen LogP contribution is 2.03. The molecule has 0 saturated carbocycles. The second-order valence-electron chi connectivity index (χ2n) is 3.06. The summed E-state index contributed by atoms with van der Waals surface area (Å²) in [6.45, 7) is 2.15. The van der Waals surface area contributed by atoms with Gasteiger partial charge in [0.25, 0.3) is 5.91 Å². The summed E-state index contributed by atoms with van der Waals surface area (Å²) in [5.74, 6) is 0.400. The van der Waals surface area contributed by atoms with Crippen LogP contribution in [0.15, 0.2) is 6.20 Å². The number of hydrogen-bond acceptors (Lipinski definition) is 2. The van der Waals surface area contributed by atoms with Crippen LogP contribution < -0.4 is 5.73 Å². The summed E-state index contributed by atoms with van der Waals surface area (Å²) < 4.78 is 0. The summed E-state index contributed by atoms with van der Waals surface area (Å²) in [6.07, 6.45) is 5.85. The van der Waals surface area contributed by atoms with Crippen LogP contribution in [0, 0.1) is 0 Å². The first kappa shape index (κ1) is 9.77. The van der Waals surface area contributed by atoms with Crippen molar-refractivity contribution in [3.05, 3.63) is 17.7 Å². The number of unbranched alkanes of at least 4 members (excludes halogenated alkanes) is 2. The van der Waals surface area contributed by atoms with Gasteiger partial charge in [-0.05, 0) is 6.42 Å². The van der Waals surface area contributed by atoms with Crippen LogP contribution in [0.4, 0.5) is 0 Å². The minimum absolute atomic E-state index is 0.395. The van der Waals surface area contributed by atoms with Crippen LogP contribution in [0.1, 0.15) is 42.5 Å². The number of aryl methyl sites for hydroxylation is 1. The minimum atomic E-state index is -0.450. The number of aromatic amines is 1. The average molecular weight is 181 g/mol. The normalized spacial score (nSPS) is 10.2. The van der Waals surface area contributed by atoms with E-state index < -0.39 is 5.91 Å². The van der Waals surface area contributed by atoms with E-state index >= 15 is 0 Å². The highest BCUT2D eigenvalue weighted by atomic mass is 16.1. The van der Waals surface area contributed by atoms with Crippen molar-refractivity contribution in [2.45, 2.75) is 32.6 Å². The first-order valence-corrected chi connectivity index (χ1v) is 4.57. The third-order valence-electron chi connectivity index (χ3n) is 1.91. The zero-order valence-electron chi connectivity index (χ0n) is 7.84. The number of hydrogen-bond donors (Lipinski definition) is 2. The molecule has 1 aromatic heterocycles. The summed E-state index contributed by atoms with van der Waals surface area (Å²) in [7, 11) is 0. The van der Waals surface area contributed by atoms with Crippen molar-refractivity contribution in [2.75, 3.05) is 0 Å². The lowest BCUT2D eigenvalue weighted by Gasteiger charge is -1.94. The molecule has 0 spiro atoms. The van der Waals surface area contributed by atoms with Crippen molar-refractivity contribution in [3.63, 3.8) is 0 Å². The predicted molar refractivity (Wildman–Crippen MR) is 50.3 cm³/mol. The monoisotopic (exact) mass is 181 g/mol. The van der Waals surface area contributed by atoms with E-state index in [0.717, 1.165) is 18.7 Å². The number of rotatable bonds is 5. The number of nitrogens with zero attached hydrogens (tertiary/aromatic N) is 1. The first-order chi connectivity index (χ1) is 6.24. The van der Waals surface area contributed by atoms with Crippen LogP contribution in [0.25, 0.3) is 0 Å². The Labute approximate surface area is 77.6 Å². The van der Waals surface area contributed by atoms with E-state index in [1.165, 1.54) is 19.0 Å². The van der Waals surface area contributed by atoms with Crippen molar-refractivity contribution in [3.8, 4) is 0 Å². The SMILES string of the molecule is CCCCCc1ncc(C(N)=O)[nH]1. The molecule has 0 radical (unpaired) electrons. The van der Waals surface area contributed by atoms with Gasteiger partial charge in [0.05, 0.1) is 6.20 Å². The molecule has 0 unspecified atom stereocenters. The largest absolute Gasteiger partial charge is 0.364 e. The fourth-order valence-electron chi connectivity index (χ4n) is 1.16. The summed E-state index contributed by atoms with van der Waals surface area (Å²) >= 11 is 0. The molecule has 0 saturated heterocycles. The van der Waals surface area contributed by atoms with Gasteiger partial charge in [-0.1, -0.05) is 19.8 Å². The molecule has 0 aliphatic carbocycles. The summed E-state index contributed by atoms with van der Waals surface area (Å²) in [4.78, 5) is 17.6. The molecular formula is C9H15N3O. The van der Waals surface area contributed by atoms with Gasteiger partial charge >= 0.3 is 0 Å². The van der Waals surface area contributed by atoms with Crippen LogP contribution in [-0.4, -0.2) is 15.9 Å². The third kappa shape index (κ3) is 2.89. The second kappa shape index (κ2) is 4.64. The number of amides is 1. The van der Waals surface area contributed by atoms with Crippen LogP contribution in [0.2, 0.25) is 0 Å². The number of carbonyl (C=O) groups is 1. The number of nitrogens with two attached hydrogens (primary N) is 1. The van der Waals surface area contributed by atoms with Crippen LogP contribution in [-0.2, 0) is 6.42 Å². The van der Waals surface area contributed by atoms with Gasteiger partial charge in [0.2, 0.25) is 0 Å². The maximum atomic E-state index is 10.7. The number of H-pyrrole nitrogens is 1. The topological polar surface area (TPSA) is 71.8 Å². The molecule has 72 valence electrons. The van der Waals surface area contributed by atoms with Gasteiger partial charge in [-0.3, -0.25) is 4.79 Å². The lowest BCUT2D eigenvalue weighted by atomic mass is 10.2. The molecule has 0 fully saturated rings. The number of nitrogens with one attached hydrogen (secondary N) is 1. The Balaban J connectivity index is 2.44. The van der Waals surface area contributed by atoms with Gasteiger partial charge in [0.15, 0.2) is 0 Å². The summed E-state index contributed by atoms with van der Waals surface area (Å²) in [6, 6.07) is 0. The first-order valence-electron chi connectivity index (χ1n) is 4.57. The maximum Gasteiger partial charge on any atom is 0.266 e. The highest BCUT2D eigenvalue weighted by Gasteiger charge is 2.04. The Morgan fingerprint density at radius 3 is 2.92 bits per heavy atom. The summed E-state index contributed by atoms with van der Waals surface area (Å²) in [5, 5.41) is 0. The molecular weight excluding hydrogens is 166 g/mol. The van der Waals surface area contributed by atoms with E-state index in [2.05, 4.69) is 16.9 Å². The highest BCUT2D eigenvalue weighted by molar-refractivity contribution is 5.90. The van der Waals surface area contributed by atoms with Crippen LogP contribution in [0.3, 0.4) is 0 Å². The van der Waals surface area contributed by atoms with Crippen LogP contribution in [0.5, 0.6) is 0 Å². The molecule has 1 aromatic rings. The Morgan fingerprint density at radius 1 is 1.62 bits per heavy atom. The lowest BCUT2D eigenvalue weighted by molar-refractivity contribution is 0.0996. The van der Waals surface area contributed by atoms with Crippen molar-refractivity contribution >= 4 is 5.91 Å². The van der Waals surface area contributed by atoms with Crippen molar-refractivity contribution < 1.29 is 4.79 Å². The third-order valence-corrected chi connectivity index (χ3v) is 1.91. The molecule has 0 bridgehead atoms. The fraction of sp³-hybridized carbons (Fsp3) is 0.556. The Bertz CT molecular complexity index is 280. The van der Waals surface area contributed by atoms with Gasteiger partial charge in [-0.15, -0.1) is 0 Å². The average Bonchev–Trinajstić information content (AvgIpc) is 2.53. The lowest BCUT2D eigenvalue weighted by Crippen LogP contribution is -2.11. The second-order valence-corrected chi connectivity index (χ2v) is 3.06. The molecule has 3 N–H and O–H groups in total. The van der Waals surface area contributed by atoms with Crippen molar-refractivity contribution in [1.82, 2.24) is 9.97 Å². The zero-order chi connectivity index (χ0) is 9.68. The van der Waals surface area contributed by atoms with Gasteiger partial charge < -0.3 is 10.7 Å². The van der Waals surface area contributed by atoms with Gasteiger partial charge in [0, 0.05) is 6.42 Å². The number of aromatic nitrogens is 2. The van der Waals surface area contributed by atoms with E-state index in [9.17, 15) is 4.79 Å². The molecule has 0 atom stereocenters. The minimum Gasteiger partial charge on any atom is -0.364 e. The Hall–Kier alpha value is -1.32. The van der Waals surface area contributed by atoms with Gasteiger partial charge in [0.1, 0.15) is 11.5 Å². The van der Waals surface area contributed by atoms with Crippen molar-refractivity contribution in [1.29, 1.82) is 0 Å². The van der Waals surface area contributed by atoms with Crippen molar-refractivity contribution in [2.24, 2.45) is 5.73 Å². The molecule has 13 heavy (non-hydrogen) atoms. The van der Waals surface area contributed by atoms with E-state index in [0.29, 0.717) is 5.69 Å². The molecule has 4 heteroatoms. The fourth-order valence-corrected chi connectivity index (χ4v) is 1.16. The quantitative estimate of drug-likeness (QED) is 0.671. The molecule has 4 nitrogen and oxygen atoms in total. The standard InChI is InChI=1S/C9H15N3O/c1-2-3-4-5-8-11-6-7(12-8)9(10)13/h6H,2-5H2,1H3,(H2,10,13)(H,11,12). The van der Waals surface area contributed by atoms with Gasteiger partial charge in [-0.2, -0.15) is 0 Å². The Kier molecular flexibility index (Phi) is 3.49. The van der Waals surface area contributed by atoms with Crippen LogP contribution >= 0.6 is 0 Å². The molecule has 0 aliphatic rings. The van der Waals surface area contributed by atoms with E-state index in [1.807, 2.05) is 0 Å². The van der Waals surface area contributed by atoms with Gasteiger partial charge in [-0.25, -0.2) is 4.98 Å². The Morgan fingerprint density at radius 2 is 2.38 bits per heavy atom. The summed E-state index contributed by atoms with van der Waals surface area (Å²) in [5.41, 5.74) is 5.47. The van der Waals surface area contributed by atoms with E-state index in [4.69, 9.17) is 5.73 Å². The molecule has 1 rings (SSSR count). The molecule has 1 amide bonds. The molecule has 1 heterocycles.